The summed E-state index contributed by atoms with van der Waals surface area (Å²) in [6, 6.07) is 15.5. The Labute approximate surface area is 243 Å². The fourth-order valence-electron chi connectivity index (χ4n) is 6.80. The lowest BCUT2D eigenvalue weighted by Crippen LogP contribution is -2.47. The molecule has 39 heavy (non-hydrogen) atoms. The summed E-state index contributed by atoms with van der Waals surface area (Å²) in [5.41, 5.74) is 1.41. The summed E-state index contributed by atoms with van der Waals surface area (Å²) in [5, 5.41) is 3.77. The highest BCUT2D eigenvalue weighted by Gasteiger charge is 2.37. The topological polar surface area (TPSA) is 69.7 Å². The molecule has 6 nitrogen and oxygen atoms in total. The monoisotopic (exact) mass is 591 g/mol. The SMILES string of the molecule is O=C(CC1CCCCN1S(=O)(=O)c1ccc(Cl)c(Cl)c1)NC1CCC(C(c2ccccc2)N2CCCC2)CC1. The molecule has 0 spiro atoms. The largest absolute Gasteiger partial charge is 0.353 e. The number of likely N-dealkylation sites (tertiary alicyclic amines) is 1. The number of piperidine rings is 1. The molecule has 2 heterocycles. The van der Waals surface area contributed by atoms with Gasteiger partial charge >= 0.3 is 0 Å². The molecule has 3 aliphatic rings. The third kappa shape index (κ3) is 6.82. The summed E-state index contributed by atoms with van der Waals surface area (Å²) in [5.74, 6) is 0.530. The van der Waals surface area contributed by atoms with Crippen LogP contribution in [0.15, 0.2) is 53.4 Å². The average Bonchev–Trinajstić information content (AvgIpc) is 3.46. The molecule has 2 atom stereocenters. The number of amides is 1. The van der Waals surface area contributed by atoms with Crippen LogP contribution in [0.2, 0.25) is 10.0 Å². The lowest BCUT2D eigenvalue weighted by molar-refractivity contribution is -0.123. The van der Waals surface area contributed by atoms with E-state index in [1.54, 1.807) is 0 Å². The predicted octanol–water partition coefficient (Wildman–Crippen LogP) is 6.44. The summed E-state index contributed by atoms with van der Waals surface area (Å²) in [6.07, 6.45) is 9.19. The fourth-order valence-corrected chi connectivity index (χ4v) is 8.88. The second-order valence-corrected chi connectivity index (χ2v) is 14.0. The molecule has 2 unspecified atom stereocenters. The Hall–Kier alpha value is -1.64. The molecule has 5 rings (SSSR count). The van der Waals surface area contributed by atoms with Crippen molar-refractivity contribution < 1.29 is 13.2 Å². The van der Waals surface area contributed by atoms with Crippen LogP contribution >= 0.6 is 23.2 Å². The Bertz CT molecular complexity index is 1230. The summed E-state index contributed by atoms with van der Waals surface area (Å²) in [6.45, 7) is 2.74. The van der Waals surface area contributed by atoms with Crippen molar-refractivity contribution in [2.75, 3.05) is 19.6 Å². The van der Waals surface area contributed by atoms with Crippen LogP contribution in [0.25, 0.3) is 0 Å². The van der Waals surface area contributed by atoms with Crippen molar-refractivity contribution in [2.45, 2.75) is 87.2 Å². The molecule has 9 heteroatoms. The highest BCUT2D eigenvalue weighted by atomic mass is 35.5. The van der Waals surface area contributed by atoms with Crippen molar-refractivity contribution >= 4 is 39.1 Å². The number of halogens is 2. The number of sulfonamides is 1. The molecule has 1 aliphatic carbocycles. The molecule has 1 saturated carbocycles. The van der Waals surface area contributed by atoms with Crippen molar-refractivity contribution in [3.05, 3.63) is 64.1 Å². The standard InChI is InChI=1S/C30H39Cl2N3O3S/c31-27-16-15-26(21-28(27)32)39(37,38)35-19-5-4-10-25(35)20-29(36)33-24-13-11-23(12-14-24)30(34-17-6-7-18-34)22-8-2-1-3-9-22/h1-3,8-9,15-16,21,23-25,30H,4-7,10-14,17-20H2,(H,33,36). The van der Waals surface area contributed by atoms with Gasteiger partial charge < -0.3 is 5.32 Å². The average molecular weight is 593 g/mol. The number of carbonyl (C=O) groups is 1. The molecule has 2 aromatic rings. The number of nitrogens with one attached hydrogen (secondary N) is 1. The van der Waals surface area contributed by atoms with Gasteiger partial charge in [0.05, 0.1) is 14.9 Å². The van der Waals surface area contributed by atoms with Crippen LogP contribution in [0, 0.1) is 5.92 Å². The van der Waals surface area contributed by atoms with Gasteiger partial charge in [0, 0.05) is 31.1 Å². The minimum atomic E-state index is -3.77. The highest BCUT2D eigenvalue weighted by Crippen LogP contribution is 2.40. The van der Waals surface area contributed by atoms with Crippen LogP contribution in [-0.2, 0) is 14.8 Å². The molecular weight excluding hydrogens is 553 g/mol. The number of hydrogen-bond donors (Lipinski definition) is 1. The molecule has 212 valence electrons. The van der Waals surface area contributed by atoms with E-state index in [0.717, 1.165) is 38.5 Å². The second kappa shape index (κ2) is 12.9. The maximum atomic E-state index is 13.4. The van der Waals surface area contributed by atoms with Gasteiger partial charge in [0.2, 0.25) is 15.9 Å². The molecule has 1 N–H and O–H groups in total. The van der Waals surface area contributed by atoms with Gasteiger partial charge in [-0.25, -0.2) is 8.42 Å². The molecule has 1 amide bonds. The van der Waals surface area contributed by atoms with Crippen molar-refractivity contribution in [2.24, 2.45) is 5.92 Å². The van der Waals surface area contributed by atoms with Crippen LogP contribution in [0.3, 0.4) is 0 Å². The van der Waals surface area contributed by atoms with E-state index in [0.29, 0.717) is 29.9 Å². The van der Waals surface area contributed by atoms with Gasteiger partial charge in [-0.2, -0.15) is 4.31 Å². The van der Waals surface area contributed by atoms with Gasteiger partial charge in [-0.1, -0.05) is 60.0 Å². The smallest absolute Gasteiger partial charge is 0.243 e. The third-order valence-corrected chi connectivity index (χ3v) is 11.4. The van der Waals surface area contributed by atoms with Gasteiger partial charge in [0.25, 0.3) is 0 Å². The van der Waals surface area contributed by atoms with Crippen LogP contribution in [0.5, 0.6) is 0 Å². The van der Waals surface area contributed by atoms with E-state index in [4.69, 9.17) is 23.2 Å². The number of rotatable bonds is 8. The Morgan fingerprint density at radius 3 is 2.26 bits per heavy atom. The lowest BCUT2D eigenvalue weighted by Gasteiger charge is -2.39. The fraction of sp³-hybridized carbons (Fsp3) is 0.567. The number of nitrogens with zero attached hydrogens (tertiary/aromatic N) is 2. The zero-order valence-corrected chi connectivity index (χ0v) is 24.7. The Morgan fingerprint density at radius 2 is 1.56 bits per heavy atom. The van der Waals surface area contributed by atoms with E-state index in [1.165, 1.54) is 54.0 Å². The predicted molar refractivity (Wildman–Crippen MR) is 156 cm³/mol. The van der Waals surface area contributed by atoms with Crippen molar-refractivity contribution in [3.63, 3.8) is 0 Å². The van der Waals surface area contributed by atoms with E-state index in [9.17, 15) is 13.2 Å². The number of carbonyl (C=O) groups excluding carboxylic acids is 1. The highest BCUT2D eigenvalue weighted by molar-refractivity contribution is 7.89. The number of benzene rings is 2. The number of hydrogen-bond acceptors (Lipinski definition) is 4. The van der Waals surface area contributed by atoms with E-state index in [-0.39, 0.29) is 34.3 Å². The summed E-state index contributed by atoms with van der Waals surface area (Å²) < 4.78 is 28.4. The van der Waals surface area contributed by atoms with Crippen molar-refractivity contribution in [1.82, 2.24) is 14.5 Å². The zero-order valence-electron chi connectivity index (χ0n) is 22.4. The molecule has 0 aromatic heterocycles. The summed E-state index contributed by atoms with van der Waals surface area (Å²) in [7, 11) is -3.77. The minimum Gasteiger partial charge on any atom is -0.353 e. The Morgan fingerprint density at radius 1 is 0.872 bits per heavy atom. The van der Waals surface area contributed by atoms with E-state index >= 15 is 0 Å². The van der Waals surface area contributed by atoms with Crippen LogP contribution in [0.1, 0.15) is 75.8 Å². The van der Waals surface area contributed by atoms with E-state index in [2.05, 4.69) is 40.5 Å². The maximum absolute atomic E-state index is 13.4. The third-order valence-electron chi connectivity index (χ3n) is 8.75. The van der Waals surface area contributed by atoms with Crippen LogP contribution in [-0.4, -0.2) is 55.2 Å². The molecular formula is C30H39Cl2N3O3S. The first-order valence-corrected chi connectivity index (χ1v) is 16.6. The Kier molecular flexibility index (Phi) is 9.55. The van der Waals surface area contributed by atoms with Gasteiger partial charge in [-0.3, -0.25) is 9.69 Å². The van der Waals surface area contributed by atoms with Gasteiger partial charge in [0.1, 0.15) is 0 Å². The van der Waals surface area contributed by atoms with E-state index in [1.807, 2.05) is 0 Å². The van der Waals surface area contributed by atoms with Gasteiger partial charge in [-0.15, -0.1) is 0 Å². The first kappa shape index (κ1) is 28.9. The van der Waals surface area contributed by atoms with E-state index < -0.39 is 10.0 Å². The normalized spacial score (nSPS) is 25.8. The molecule has 2 aromatic carbocycles. The second-order valence-electron chi connectivity index (χ2n) is 11.3. The molecule has 0 bridgehead atoms. The summed E-state index contributed by atoms with van der Waals surface area (Å²) in [4.78, 5) is 15.9. The quantitative estimate of drug-likeness (QED) is 0.383. The zero-order chi connectivity index (χ0) is 27.4. The molecule has 2 saturated heterocycles. The molecule has 3 fully saturated rings. The van der Waals surface area contributed by atoms with Gasteiger partial charge in [-0.05, 0) is 94.1 Å². The van der Waals surface area contributed by atoms with Crippen molar-refractivity contribution in [1.29, 1.82) is 0 Å². The maximum Gasteiger partial charge on any atom is 0.243 e. The van der Waals surface area contributed by atoms with Crippen LogP contribution in [0.4, 0.5) is 0 Å². The minimum absolute atomic E-state index is 0.0566. The Balaban J connectivity index is 1.18. The van der Waals surface area contributed by atoms with Crippen molar-refractivity contribution in [3.8, 4) is 0 Å². The van der Waals surface area contributed by atoms with Crippen LogP contribution < -0.4 is 5.32 Å². The first-order valence-electron chi connectivity index (χ1n) is 14.4. The summed E-state index contributed by atoms with van der Waals surface area (Å²) >= 11 is 12.1. The molecule has 0 radical (unpaired) electrons. The lowest BCUT2D eigenvalue weighted by atomic mass is 9.78. The first-order chi connectivity index (χ1) is 18.8. The van der Waals surface area contributed by atoms with Gasteiger partial charge in [0.15, 0.2) is 0 Å². The molecule has 2 aliphatic heterocycles.